The van der Waals surface area contributed by atoms with E-state index < -0.39 is 11.7 Å². The van der Waals surface area contributed by atoms with Gasteiger partial charge in [-0.05, 0) is 42.7 Å². The maximum absolute atomic E-state index is 12.3. The maximum atomic E-state index is 12.3. The average Bonchev–Trinajstić information content (AvgIpc) is 3.05. The molecule has 26 heavy (non-hydrogen) atoms. The third-order valence-electron chi connectivity index (χ3n) is 3.43. The normalized spacial score (nSPS) is 10.6. The molecule has 1 amide bonds. The van der Waals surface area contributed by atoms with Gasteiger partial charge in [-0.15, -0.1) is 11.8 Å². The van der Waals surface area contributed by atoms with E-state index in [9.17, 15) is 9.59 Å². The summed E-state index contributed by atoms with van der Waals surface area (Å²) in [5, 5.41) is 3.02. The molecule has 8 heteroatoms. The van der Waals surface area contributed by atoms with Crippen LogP contribution in [0.15, 0.2) is 61.7 Å². The van der Waals surface area contributed by atoms with Crippen LogP contribution in [0.25, 0.3) is 11.3 Å². The van der Waals surface area contributed by atoms with Crippen molar-refractivity contribution in [2.75, 3.05) is 11.6 Å². The van der Waals surface area contributed by atoms with E-state index in [1.54, 1.807) is 36.0 Å². The van der Waals surface area contributed by atoms with Crippen molar-refractivity contribution in [1.29, 1.82) is 0 Å². The van der Waals surface area contributed by atoms with Crippen molar-refractivity contribution in [2.45, 2.75) is 4.21 Å². The number of thioether (sulfide) groups is 1. The monoisotopic (exact) mass is 510 g/mol. The number of carbonyl (C=O) groups is 2. The van der Waals surface area contributed by atoms with Crippen LogP contribution in [-0.2, 0) is 4.79 Å². The highest BCUT2D eigenvalue weighted by molar-refractivity contribution is 9.10. The highest BCUT2D eigenvalue weighted by atomic mass is 79.9. The minimum atomic E-state index is -0.698. The van der Waals surface area contributed by atoms with Gasteiger partial charge < -0.3 is 0 Å². The van der Waals surface area contributed by atoms with E-state index in [0.717, 1.165) is 24.4 Å². The predicted molar refractivity (Wildman–Crippen MR) is 114 cm³/mol. The third-order valence-corrected chi connectivity index (χ3v) is 6.57. The fourth-order valence-electron chi connectivity index (χ4n) is 2.17. The molecule has 3 aromatic rings. The summed E-state index contributed by atoms with van der Waals surface area (Å²) >= 11 is 9.62. The standard InChI is InChI=1S/C18H12Br2N2O2S2/c1-25-17-14(10-2-6-12(19)7-3-10)21-18(26-17)22-16(24)15(23)11-4-8-13(20)9-5-11/h2-9H,1H3,(H,21,22,24). The molecule has 0 fully saturated rings. The van der Waals surface area contributed by atoms with Crippen molar-refractivity contribution in [1.82, 2.24) is 4.98 Å². The Balaban J connectivity index is 1.81. The van der Waals surface area contributed by atoms with Crippen LogP contribution in [0.1, 0.15) is 10.4 Å². The third kappa shape index (κ3) is 4.43. The summed E-state index contributed by atoms with van der Waals surface area (Å²) in [6.45, 7) is 0. The minimum Gasteiger partial charge on any atom is -0.295 e. The zero-order valence-corrected chi connectivity index (χ0v) is 18.3. The van der Waals surface area contributed by atoms with E-state index >= 15 is 0 Å². The van der Waals surface area contributed by atoms with Gasteiger partial charge in [0, 0.05) is 20.1 Å². The second-order valence-electron chi connectivity index (χ2n) is 5.16. The number of carbonyl (C=O) groups excluding carboxylic acids is 2. The number of hydrogen-bond donors (Lipinski definition) is 1. The number of benzene rings is 2. The second-order valence-corrected chi connectivity index (χ2v) is 9.06. The number of nitrogens with one attached hydrogen (secondary N) is 1. The molecule has 4 nitrogen and oxygen atoms in total. The molecule has 0 aliphatic carbocycles. The zero-order valence-electron chi connectivity index (χ0n) is 13.5. The molecule has 0 bridgehead atoms. The van der Waals surface area contributed by atoms with Crippen LogP contribution in [0.3, 0.4) is 0 Å². The van der Waals surface area contributed by atoms with Gasteiger partial charge in [-0.3, -0.25) is 14.9 Å². The van der Waals surface area contributed by atoms with E-state index in [-0.39, 0.29) is 0 Å². The molecular formula is C18H12Br2N2O2S2. The fraction of sp³-hybridized carbons (Fsp3) is 0.0556. The molecule has 1 heterocycles. The Bertz CT molecular complexity index is 954. The number of anilines is 1. The van der Waals surface area contributed by atoms with Crippen LogP contribution < -0.4 is 5.32 Å². The molecule has 1 N–H and O–H groups in total. The lowest BCUT2D eigenvalue weighted by Crippen LogP contribution is -2.22. The molecule has 0 saturated heterocycles. The lowest BCUT2D eigenvalue weighted by atomic mass is 10.1. The quantitative estimate of drug-likeness (QED) is 0.264. The molecule has 0 atom stereocenters. The van der Waals surface area contributed by atoms with Crippen LogP contribution in [0.2, 0.25) is 0 Å². The number of thiazole rings is 1. The summed E-state index contributed by atoms with van der Waals surface area (Å²) < 4.78 is 2.80. The zero-order chi connectivity index (χ0) is 18.7. The van der Waals surface area contributed by atoms with Gasteiger partial charge in [-0.2, -0.15) is 0 Å². The molecule has 1 aromatic heterocycles. The Morgan fingerprint density at radius 2 is 1.58 bits per heavy atom. The smallest absolute Gasteiger partial charge is 0.295 e. The van der Waals surface area contributed by atoms with Gasteiger partial charge in [0.05, 0.1) is 9.90 Å². The molecular weight excluding hydrogens is 500 g/mol. The number of rotatable bonds is 5. The predicted octanol–water partition coefficient (Wildman–Crippen LogP) is 5.88. The number of halogens is 2. The topological polar surface area (TPSA) is 59.1 Å². The van der Waals surface area contributed by atoms with Gasteiger partial charge in [-0.1, -0.05) is 55.3 Å². The molecule has 0 unspecified atom stereocenters. The SMILES string of the molecule is CSc1sc(NC(=O)C(=O)c2ccc(Br)cc2)nc1-c1ccc(Br)cc1. The summed E-state index contributed by atoms with van der Waals surface area (Å²) in [5.74, 6) is -1.29. The Morgan fingerprint density at radius 1 is 1.00 bits per heavy atom. The number of ketones is 1. The van der Waals surface area contributed by atoms with Crippen LogP contribution in [0, 0.1) is 0 Å². The van der Waals surface area contributed by atoms with Crippen LogP contribution in [0.4, 0.5) is 5.13 Å². The van der Waals surface area contributed by atoms with E-state index in [0.29, 0.717) is 10.7 Å². The van der Waals surface area contributed by atoms with E-state index in [1.807, 2.05) is 30.5 Å². The largest absolute Gasteiger partial charge is 0.298 e. The summed E-state index contributed by atoms with van der Waals surface area (Å²) in [7, 11) is 0. The summed E-state index contributed by atoms with van der Waals surface area (Å²) in [5.41, 5.74) is 2.08. The summed E-state index contributed by atoms with van der Waals surface area (Å²) in [6, 6.07) is 14.4. The minimum absolute atomic E-state index is 0.334. The molecule has 0 spiro atoms. The fourth-order valence-corrected chi connectivity index (χ4v) is 4.35. The highest BCUT2D eigenvalue weighted by Gasteiger charge is 2.20. The molecule has 3 rings (SSSR count). The highest BCUT2D eigenvalue weighted by Crippen LogP contribution is 2.37. The van der Waals surface area contributed by atoms with E-state index in [2.05, 4.69) is 42.2 Å². The van der Waals surface area contributed by atoms with Gasteiger partial charge in [0.25, 0.3) is 11.7 Å². The first-order valence-corrected chi connectivity index (χ1v) is 11.0. The van der Waals surface area contributed by atoms with E-state index in [4.69, 9.17) is 0 Å². The van der Waals surface area contributed by atoms with Gasteiger partial charge in [0.15, 0.2) is 5.13 Å². The van der Waals surface area contributed by atoms with Crippen LogP contribution in [0.5, 0.6) is 0 Å². The molecule has 0 aliphatic rings. The first-order valence-electron chi connectivity index (χ1n) is 7.40. The van der Waals surface area contributed by atoms with Crippen LogP contribution in [-0.4, -0.2) is 22.9 Å². The lowest BCUT2D eigenvalue weighted by Gasteiger charge is -2.01. The Hall–Kier alpha value is -1.48. The van der Waals surface area contributed by atoms with Gasteiger partial charge in [-0.25, -0.2) is 4.98 Å². The first kappa shape index (κ1) is 19.3. The molecule has 0 aliphatic heterocycles. The van der Waals surface area contributed by atoms with Gasteiger partial charge in [0.1, 0.15) is 0 Å². The van der Waals surface area contributed by atoms with Gasteiger partial charge >= 0.3 is 0 Å². The van der Waals surface area contributed by atoms with Crippen molar-refractivity contribution in [2.24, 2.45) is 0 Å². The number of nitrogens with zero attached hydrogens (tertiary/aromatic N) is 1. The molecule has 0 radical (unpaired) electrons. The van der Waals surface area contributed by atoms with Crippen molar-refractivity contribution in [3.05, 3.63) is 63.0 Å². The Kier molecular flexibility index (Phi) is 6.29. The van der Waals surface area contributed by atoms with Crippen molar-refractivity contribution < 1.29 is 9.59 Å². The van der Waals surface area contributed by atoms with Gasteiger partial charge in [0.2, 0.25) is 0 Å². The Morgan fingerprint density at radius 3 is 2.15 bits per heavy atom. The summed E-state index contributed by atoms with van der Waals surface area (Å²) in [6.07, 6.45) is 1.95. The lowest BCUT2D eigenvalue weighted by molar-refractivity contribution is -0.112. The Labute approximate surface area is 175 Å². The summed E-state index contributed by atoms with van der Waals surface area (Å²) in [4.78, 5) is 29.0. The van der Waals surface area contributed by atoms with Crippen molar-refractivity contribution in [3.63, 3.8) is 0 Å². The molecule has 0 saturated carbocycles. The van der Waals surface area contributed by atoms with E-state index in [1.165, 1.54) is 11.3 Å². The van der Waals surface area contributed by atoms with Crippen molar-refractivity contribution >= 4 is 71.8 Å². The first-order chi connectivity index (χ1) is 12.5. The number of Topliss-reactive ketones (excluding diaryl/α,β-unsaturated/α-hetero) is 1. The molecule has 2 aromatic carbocycles. The number of aromatic nitrogens is 1. The number of hydrogen-bond acceptors (Lipinski definition) is 5. The number of amides is 1. The average molecular weight is 512 g/mol. The maximum Gasteiger partial charge on any atom is 0.298 e. The van der Waals surface area contributed by atoms with Crippen LogP contribution >= 0.6 is 55.0 Å². The molecule has 132 valence electrons. The second kappa shape index (κ2) is 8.47. The van der Waals surface area contributed by atoms with Crippen molar-refractivity contribution in [3.8, 4) is 11.3 Å².